The van der Waals surface area contributed by atoms with Gasteiger partial charge in [0, 0.05) is 13.0 Å². The van der Waals surface area contributed by atoms with Crippen molar-refractivity contribution < 1.29 is 9.63 Å². The number of hydrogen-bond donors (Lipinski definition) is 2. The topological polar surface area (TPSA) is 85.2 Å². The minimum atomic E-state index is -0.931. The van der Waals surface area contributed by atoms with Crippen molar-refractivity contribution in [3.63, 3.8) is 0 Å². The van der Waals surface area contributed by atoms with Crippen molar-refractivity contribution in [3.8, 4) is 0 Å². The van der Waals surface area contributed by atoms with Crippen molar-refractivity contribution >= 4 is 23.2 Å². The third-order valence-electron chi connectivity index (χ3n) is 2.34. The molecule has 0 aliphatic heterocycles. The molecule has 18 heavy (non-hydrogen) atoms. The van der Waals surface area contributed by atoms with Gasteiger partial charge in [-0.2, -0.15) is 4.98 Å². The molecule has 7 heteroatoms. The third kappa shape index (κ3) is 3.00. The molecule has 1 atom stereocenters. The lowest BCUT2D eigenvalue weighted by molar-refractivity contribution is 0.141. The van der Waals surface area contributed by atoms with Crippen molar-refractivity contribution in [2.24, 2.45) is 5.73 Å². The molecule has 0 radical (unpaired) electrons. The Bertz CT molecular complexity index is 545. The molecule has 0 amide bonds. The second-order valence-corrected chi connectivity index (χ2v) is 4.54. The predicted molar refractivity (Wildman–Crippen MR) is 67.6 cm³/mol. The molecule has 1 heterocycles. The van der Waals surface area contributed by atoms with Crippen LogP contribution >= 0.6 is 23.2 Å². The first-order valence-electron chi connectivity index (χ1n) is 5.24. The molecule has 2 rings (SSSR count). The Morgan fingerprint density at radius 1 is 1.33 bits per heavy atom. The average molecular weight is 288 g/mol. The molecule has 0 aliphatic rings. The van der Waals surface area contributed by atoms with Gasteiger partial charge in [0.25, 0.3) is 5.89 Å². The Labute approximate surface area is 114 Å². The predicted octanol–water partition coefficient (Wildman–Crippen LogP) is 1.96. The summed E-state index contributed by atoms with van der Waals surface area (Å²) in [4.78, 5) is 4.04. The zero-order chi connectivity index (χ0) is 13.1. The summed E-state index contributed by atoms with van der Waals surface area (Å²) >= 11 is 11.7. The summed E-state index contributed by atoms with van der Waals surface area (Å²) in [6.07, 6.45) is -0.488. The summed E-state index contributed by atoms with van der Waals surface area (Å²) in [5.74, 6) is 0.573. The first kappa shape index (κ1) is 13.3. The van der Waals surface area contributed by atoms with Crippen LogP contribution in [0.3, 0.4) is 0 Å². The van der Waals surface area contributed by atoms with Crippen molar-refractivity contribution in [1.29, 1.82) is 0 Å². The standard InChI is InChI=1S/C11H11Cl2N3O2/c12-7-2-1-6(3-8(7)13)4-10-15-11(18-16-10)9(17)5-14/h1-3,9,17H,4-5,14H2/t9-/m0/s1. The number of halogens is 2. The molecule has 0 spiro atoms. The molecule has 0 unspecified atom stereocenters. The van der Waals surface area contributed by atoms with Crippen molar-refractivity contribution in [2.75, 3.05) is 6.54 Å². The maximum atomic E-state index is 9.43. The van der Waals surface area contributed by atoms with Gasteiger partial charge in [-0.3, -0.25) is 0 Å². The average Bonchev–Trinajstić information content (AvgIpc) is 2.81. The van der Waals surface area contributed by atoms with E-state index in [-0.39, 0.29) is 12.4 Å². The first-order chi connectivity index (χ1) is 8.60. The van der Waals surface area contributed by atoms with Crippen LogP contribution < -0.4 is 5.73 Å². The van der Waals surface area contributed by atoms with E-state index in [0.29, 0.717) is 22.3 Å². The van der Waals surface area contributed by atoms with E-state index in [1.54, 1.807) is 12.1 Å². The van der Waals surface area contributed by atoms with Crippen molar-refractivity contribution in [3.05, 3.63) is 45.5 Å². The molecule has 0 fully saturated rings. The van der Waals surface area contributed by atoms with E-state index in [1.807, 2.05) is 6.07 Å². The number of aliphatic hydroxyl groups excluding tert-OH is 1. The van der Waals surface area contributed by atoms with Gasteiger partial charge in [-0.25, -0.2) is 0 Å². The highest BCUT2D eigenvalue weighted by Crippen LogP contribution is 2.23. The highest BCUT2D eigenvalue weighted by Gasteiger charge is 2.14. The number of hydrogen-bond acceptors (Lipinski definition) is 5. The Morgan fingerprint density at radius 2 is 2.11 bits per heavy atom. The highest BCUT2D eigenvalue weighted by atomic mass is 35.5. The minimum Gasteiger partial charge on any atom is -0.382 e. The van der Waals surface area contributed by atoms with Crippen molar-refractivity contribution in [2.45, 2.75) is 12.5 Å². The van der Waals surface area contributed by atoms with Crippen LogP contribution in [0, 0.1) is 0 Å². The minimum absolute atomic E-state index is 0.0361. The fourth-order valence-electron chi connectivity index (χ4n) is 1.41. The van der Waals surface area contributed by atoms with Gasteiger partial charge in [0.1, 0.15) is 6.10 Å². The zero-order valence-corrected chi connectivity index (χ0v) is 10.8. The van der Waals surface area contributed by atoms with Crippen LogP contribution in [0.4, 0.5) is 0 Å². The van der Waals surface area contributed by atoms with Crippen LogP contribution in [-0.2, 0) is 6.42 Å². The zero-order valence-electron chi connectivity index (χ0n) is 9.31. The Kier molecular flexibility index (Phi) is 4.19. The Balaban J connectivity index is 2.13. The van der Waals surface area contributed by atoms with E-state index in [1.165, 1.54) is 0 Å². The fourth-order valence-corrected chi connectivity index (χ4v) is 1.73. The second-order valence-electron chi connectivity index (χ2n) is 3.73. The second kappa shape index (κ2) is 5.67. The molecule has 3 N–H and O–H groups in total. The lowest BCUT2D eigenvalue weighted by atomic mass is 10.1. The molecule has 1 aromatic heterocycles. The van der Waals surface area contributed by atoms with Gasteiger partial charge in [0.2, 0.25) is 0 Å². The lowest BCUT2D eigenvalue weighted by Crippen LogP contribution is -2.11. The summed E-state index contributed by atoms with van der Waals surface area (Å²) < 4.78 is 4.89. The molecule has 0 aliphatic carbocycles. The first-order valence-corrected chi connectivity index (χ1v) is 6.00. The maximum absolute atomic E-state index is 9.43. The SMILES string of the molecule is NC[C@H](O)c1nc(Cc2ccc(Cl)c(Cl)c2)no1. The van der Waals surface area contributed by atoms with E-state index in [0.717, 1.165) is 5.56 Å². The van der Waals surface area contributed by atoms with Crippen molar-refractivity contribution in [1.82, 2.24) is 10.1 Å². The molecule has 0 bridgehead atoms. The summed E-state index contributed by atoms with van der Waals surface area (Å²) in [7, 11) is 0. The number of benzene rings is 1. The maximum Gasteiger partial charge on any atom is 0.256 e. The molecular formula is C11H11Cl2N3O2. The monoisotopic (exact) mass is 287 g/mol. The van der Waals surface area contributed by atoms with Gasteiger partial charge in [-0.1, -0.05) is 34.4 Å². The largest absolute Gasteiger partial charge is 0.382 e. The van der Waals surface area contributed by atoms with Gasteiger partial charge in [0.05, 0.1) is 10.0 Å². The van der Waals surface area contributed by atoms with Gasteiger partial charge in [-0.15, -0.1) is 0 Å². The number of nitrogens with zero attached hydrogens (tertiary/aromatic N) is 2. The van der Waals surface area contributed by atoms with Crippen LogP contribution in [0.2, 0.25) is 10.0 Å². The van der Waals surface area contributed by atoms with Crippen LogP contribution in [0.1, 0.15) is 23.4 Å². The normalized spacial score (nSPS) is 12.7. The number of rotatable bonds is 4. The van der Waals surface area contributed by atoms with Crippen LogP contribution in [0.5, 0.6) is 0 Å². The summed E-state index contributed by atoms with van der Waals surface area (Å²) in [6, 6.07) is 5.26. The lowest BCUT2D eigenvalue weighted by Gasteiger charge is -2.00. The Hall–Kier alpha value is -1.14. The molecule has 96 valence electrons. The van der Waals surface area contributed by atoms with E-state index < -0.39 is 6.10 Å². The third-order valence-corrected chi connectivity index (χ3v) is 3.08. The molecule has 2 aromatic rings. The number of aliphatic hydroxyl groups is 1. The molecule has 0 saturated carbocycles. The fraction of sp³-hybridized carbons (Fsp3) is 0.273. The molecule has 0 saturated heterocycles. The summed E-state index contributed by atoms with van der Waals surface area (Å²) in [5, 5.41) is 14.1. The van der Waals surface area contributed by atoms with Gasteiger partial charge < -0.3 is 15.4 Å². The smallest absolute Gasteiger partial charge is 0.256 e. The van der Waals surface area contributed by atoms with Gasteiger partial charge in [0.15, 0.2) is 5.82 Å². The van der Waals surface area contributed by atoms with Gasteiger partial charge in [-0.05, 0) is 17.7 Å². The number of aromatic nitrogens is 2. The molecule has 5 nitrogen and oxygen atoms in total. The van der Waals surface area contributed by atoms with E-state index in [9.17, 15) is 5.11 Å². The molecular weight excluding hydrogens is 277 g/mol. The number of nitrogens with two attached hydrogens (primary N) is 1. The van der Waals surface area contributed by atoms with E-state index in [4.69, 9.17) is 33.5 Å². The van der Waals surface area contributed by atoms with E-state index in [2.05, 4.69) is 10.1 Å². The quantitative estimate of drug-likeness (QED) is 0.898. The van der Waals surface area contributed by atoms with Crippen LogP contribution in [0.15, 0.2) is 22.7 Å². The van der Waals surface area contributed by atoms with Crippen LogP contribution in [0.25, 0.3) is 0 Å². The molecule has 1 aromatic carbocycles. The Morgan fingerprint density at radius 3 is 2.78 bits per heavy atom. The van der Waals surface area contributed by atoms with Gasteiger partial charge >= 0.3 is 0 Å². The summed E-state index contributed by atoms with van der Waals surface area (Å²) in [5.41, 5.74) is 6.19. The van der Waals surface area contributed by atoms with Crippen LogP contribution in [-0.4, -0.2) is 21.8 Å². The highest BCUT2D eigenvalue weighted by molar-refractivity contribution is 6.42. The summed E-state index contributed by atoms with van der Waals surface area (Å²) in [6.45, 7) is 0.0361. The van der Waals surface area contributed by atoms with E-state index >= 15 is 0 Å².